The van der Waals surface area contributed by atoms with Crippen molar-refractivity contribution in [1.29, 1.82) is 0 Å². The van der Waals surface area contributed by atoms with E-state index in [0.717, 1.165) is 5.56 Å². The van der Waals surface area contributed by atoms with E-state index < -0.39 is 11.9 Å². The molecule has 0 amide bonds. The molecule has 0 aromatic carbocycles. The van der Waals surface area contributed by atoms with E-state index in [2.05, 4.69) is 20.3 Å². The number of halogens is 3. The zero-order valence-electron chi connectivity index (χ0n) is 11.3. The van der Waals surface area contributed by atoms with Crippen LogP contribution in [-0.4, -0.2) is 21.5 Å². The predicted octanol–water partition coefficient (Wildman–Crippen LogP) is 2.51. The van der Waals surface area contributed by atoms with Gasteiger partial charge in [-0.15, -0.1) is 0 Å². The molecule has 3 heterocycles. The van der Waals surface area contributed by atoms with E-state index in [-0.39, 0.29) is 17.9 Å². The molecule has 3 rings (SSSR count). The molecular formula is C14H13F3N4. The third-order valence-corrected chi connectivity index (χ3v) is 3.35. The summed E-state index contributed by atoms with van der Waals surface area (Å²) in [6.45, 7) is 2.60. The fourth-order valence-electron chi connectivity index (χ4n) is 2.35. The number of aromatic nitrogens is 3. The van der Waals surface area contributed by atoms with Crippen LogP contribution in [0.5, 0.6) is 0 Å². The molecule has 7 heteroatoms. The molecule has 1 aliphatic rings. The Kier molecular flexibility index (Phi) is 3.36. The zero-order chi connectivity index (χ0) is 15.0. The summed E-state index contributed by atoms with van der Waals surface area (Å²) in [5, 5.41) is 2.93. The van der Waals surface area contributed by atoms with Gasteiger partial charge in [-0.2, -0.15) is 13.2 Å². The van der Waals surface area contributed by atoms with Gasteiger partial charge in [0.05, 0.1) is 5.69 Å². The lowest BCUT2D eigenvalue weighted by atomic mass is 10.0. The van der Waals surface area contributed by atoms with Crippen LogP contribution in [0.4, 0.5) is 13.2 Å². The van der Waals surface area contributed by atoms with Crippen LogP contribution in [0.1, 0.15) is 22.5 Å². The molecule has 0 atom stereocenters. The molecule has 0 bridgehead atoms. The minimum atomic E-state index is -4.50. The number of pyridine rings is 1. The summed E-state index contributed by atoms with van der Waals surface area (Å²) in [5.74, 6) is 0.0340. The average molecular weight is 294 g/mol. The van der Waals surface area contributed by atoms with Gasteiger partial charge < -0.3 is 5.32 Å². The topological polar surface area (TPSA) is 50.7 Å². The maximum Gasteiger partial charge on any atom is 0.433 e. The number of aryl methyl sites for hydroxylation is 1. The molecule has 21 heavy (non-hydrogen) atoms. The maximum absolute atomic E-state index is 13.2. The van der Waals surface area contributed by atoms with Crippen molar-refractivity contribution < 1.29 is 13.2 Å². The number of nitrogens with one attached hydrogen (secondary N) is 1. The van der Waals surface area contributed by atoms with Crippen LogP contribution in [-0.2, 0) is 19.1 Å². The van der Waals surface area contributed by atoms with Crippen molar-refractivity contribution in [2.24, 2.45) is 0 Å². The third-order valence-electron chi connectivity index (χ3n) is 3.35. The van der Waals surface area contributed by atoms with E-state index in [1.54, 1.807) is 18.3 Å². The molecule has 0 fully saturated rings. The molecule has 0 saturated carbocycles. The van der Waals surface area contributed by atoms with Gasteiger partial charge >= 0.3 is 6.18 Å². The Labute approximate surface area is 119 Å². The first-order valence-electron chi connectivity index (χ1n) is 6.56. The molecule has 1 N–H and O–H groups in total. The highest BCUT2D eigenvalue weighted by Crippen LogP contribution is 2.33. The Morgan fingerprint density at radius 1 is 1.24 bits per heavy atom. The Morgan fingerprint density at radius 3 is 2.76 bits per heavy atom. The van der Waals surface area contributed by atoms with Crippen LogP contribution >= 0.6 is 0 Å². The lowest BCUT2D eigenvalue weighted by Crippen LogP contribution is -2.29. The third kappa shape index (κ3) is 2.73. The van der Waals surface area contributed by atoms with Gasteiger partial charge in [0.2, 0.25) is 0 Å². The average Bonchev–Trinajstić information content (AvgIpc) is 2.45. The number of rotatable bonds is 1. The number of alkyl halides is 3. The minimum absolute atomic E-state index is 0.0340. The summed E-state index contributed by atoms with van der Waals surface area (Å²) in [6, 6.07) is 3.46. The fourth-order valence-corrected chi connectivity index (χ4v) is 2.35. The predicted molar refractivity (Wildman–Crippen MR) is 70.4 cm³/mol. The van der Waals surface area contributed by atoms with Crippen LogP contribution in [0.3, 0.4) is 0 Å². The highest BCUT2D eigenvalue weighted by Gasteiger charge is 2.38. The summed E-state index contributed by atoms with van der Waals surface area (Å²) in [4.78, 5) is 12.1. The fraction of sp³-hybridized carbons (Fsp3) is 0.357. The van der Waals surface area contributed by atoms with E-state index in [0.29, 0.717) is 24.4 Å². The Bertz CT molecular complexity index is 682. The van der Waals surface area contributed by atoms with Gasteiger partial charge in [0, 0.05) is 31.3 Å². The molecule has 1 aliphatic heterocycles. The molecule has 0 aliphatic carbocycles. The van der Waals surface area contributed by atoms with E-state index in [1.165, 1.54) is 0 Å². The van der Waals surface area contributed by atoms with Gasteiger partial charge in [0.15, 0.2) is 11.5 Å². The summed E-state index contributed by atoms with van der Waals surface area (Å²) in [7, 11) is 0. The van der Waals surface area contributed by atoms with Gasteiger partial charge in [-0.3, -0.25) is 4.98 Å². The second-order valence-corrected chi connectivity index (χ2v) is 4.96. The first-order valence-corrected chi connectivity index (χ1v) is 6.56. The lowest BCUT2D eigenvalue weighted by Gasteiger charge is -2.21. The van der Waals surface area contributed by atoms with Crippen molar-refractivity contribution in [1.82, 2.24) is 20.3 Å². The van der Waals surface area contributed by atoms with Crippen molar-refractivity contribution >= 4 is 0 Å². The summed E-state index contributed by atoms with van der Waals surface area (Å²) < 4.78 is 39.6. The van der Waals surface area contributed by atoms with Crippen molar-refractivity contribution in [3.05, 3.63) is 40.8 Å². The standard InChI is InChI=1S/C14H13F3N4/c1-8-2-5-19-11(6-8)13-20-10-3-4-18-7-9(10)12(21-13)14(15,16)17/h2,5-6,18H,3-4,7H2,1H3. The SMILES string of the molecule is Cc1ccnc(-c2nc3c(c(C(F)(F)F)n2)CNCC3)c1. The molecule has 0 spiro atoms. The molecule has 0 radical (unpaired) electrons. The van der Waals surface area contributed by atoms with Crippen molar-refractivity contribution in [3.63, 3.8) is 0 Å². The highest BCUT2D eigenvalue weighted by atomic mass is 19.4. The van der Waals surface area contributed by atoms with E-state index in [4.69, 9.17) is 0 Å². The highest BCUT2D eigenvalue weighted by molar-refractivity contribution is 5.52. The quantitative estimate of drug-likeness (QED) is 0.878. The van der Waals surface area contributed by atoms with Crippen molar-refractivity contribution in [3.8, 4) is 11.5 Å². The Morgan fingerprint density at radius 2 is 2.05 bits per heavy atom. The molecule has 110 valence electrons. The molecule has 4 nitrogen and oxygen atoms in total. The first kappa shape index (κ1) is 13.9. The van der Waals surface area contributed by atoms with Crippen molar-refractivity contribution in [2.75, 3.05) is 6.54 Å². The van der Waals surface area contributed by atoms with Crippen LogP contribution in [0.25, 0.3) is 11.5 Å². The smallest absolute Gasteiger partial charge is 0.312 e. The summed E-state index contributed by atoms with van der Waals surface area (Å²) >= 11 is 0. The van der Waals surface area contributed by atoms with E-state index in [1.807, 2.05) is 6.92 Å². The number of nitrogens with zero attached hydrogens (tertiary/aromatic N) is 3. The van der Waals surface area contributed by atoms with Gasteiger partial charge in [-0.25, -0.2) is 9.97 Å². The zero-order valence-corrected chi connectivity index (χ0v) is 11.3. The van der Waals surface area contributed by atoms with Crippen molar-refractivity contribution in [2.45, 2.75) is 26.1 Å². The maximum atomic E-state index is 13.2. The van der Waals surface area contributed by atoms with Gasteiger partial charge in [0.25, 0.3) is 0 Å². The minimum Gasteiger partial charge on any atom is -0.312 e. The molecule has 2 aromatic rings. The Balaban J connectivity index is 2.19. The van der Waals surface area contributed by atoms with Gasteiger partial charge in [0.1, 0.15) is 5.69 Å². The van der Waals surface area contributed by atoms with Crippen LogP contribution in [0.15, 0.2) is 18.3 Å². The molecule has 2 aromatic heterocycles. The van der Waals surface area contributed by atoms with Crippen LogP contribution < -0.4 is 5.32 Å². The monoisotopic (exact) mass is 294 g/mol. The van der Waals surface area contributed by atoms with Crippen LogP contribution in [0.2, 0.25) is 0 Å². The number of hydrogen-bond donors (Lipinski definition) is 1. The number of fused-ring (bicyclic) bond motifs is 1. The molecule has 0 saturated heterocycles. The Hall–Kier alpha value is -2.02. The van der Waals surface area contributed by atoms with Gasteiger partial charge in [-0.1, -0.05) is 0 Å². The second kappa shape index (κ2) is 5.07. The normalized spacial score (nSPS) is 14.9. The molecular weight excluding hydrogens is 281 g/mol. The van der Waals surface area contributed by atoms with Gasteiger partial charge in [-0.05, 0) is 24.6 Å². The lowest BCUT2D eigenvalue weighted by molar-refractivity contribution is -0.142. The van der Waals surface area contributed by atoms with Crippen LogP contribution in [0, 0.1) is 6.92 Å². The molecule has 0 unspecified atom stereocenters. The van der Waals surface area contributed by atoms with E-state index in [9.17, 15) is 13.2 Å². The van der Waals surface area contributed by atoms with E-state index >= 15 is 0 Å². The summed E-state index contributed by atoms with van der Waals surface area (Å²) in [6.07, 6.45) is -2.49. The first-order chi connectivity index (χ1) is 9.95. The number of hydrogen-bond acceptors (Lipinski definition) is 4. The second-order valence-electron chi connectivity index (χ2n) is 4.96. The largest absolute Gasteiger partial charge is 0.433 e. The summed E-state index contributed by atoms with van der Waals surface area (Å²) in [5.41, 5.74) is 0.996.